The fourth-order valence-electron chi connectivity index (χ4n) is 1.70. The molecule has 0 atom stereocenters. The number of rotatable bonds is 2. The van der Waals surface area contributed by atoms with Crippen molar-refractivity contribution in [2.75, 3.05) is 0 Å². The van der Waals surface area contributed by atoms with E-state index in [-0.39, 0.29) is 5.01 Å². The molecule has 2 heterocycles. The Labute approximate surface area is 101 Å². The van der Waals surface area contributed by atoms with Crippen LogP contribution in [0.3, 0.4) is 0 Å². The molecule has 84 valence electrons. The van der Waals surface area contributed by atoms with E-state index in [1.165, 1.54) is 0 Å². The van der Waals surface area contributed by atoms with E-state index in [9.17, 15) is 9.90 Å². The van der Waals surface area contributed by atoms with Gasteiger partial charge in [0.2, 0.25) is 0 Å². The Morgan fingerprint density at radius 1 is 1.35 bits per heavy atom. The summed E-state index contributed by atoms with van der Waals surface area (Å²) in [7, 11) is 0. The molecule has 0 saturated heterocycles. The second-order valence-electron chi connectivity index (χ2n) is 3.60. The number of aromatic nitrogens is 2. The molecule has 3 rings (SSSR count). The second-order valence-corrected chi connectivity index (χ2v) is 4.45. The Morgan fingerprint density at radius 3 is 2.88 bits per heavy atom. The van der Waals surface area contributed by atoms with Crippen molar-refractivity contribution in [3.63, 3.8) is 0 Å². The van der Waals surface area contributed by atoms with Crippen LogP contribution in [-0.4, -0.2) is 15.9 Å². The van der Waals surface area contributed by atoms with E-state index in [2.05, 4.69) is 9.97 Å². The quantitative estimate of drug-likeness (QED) is 0.744. The average molecular weight is 243 g/mol. The van der Waals surface area contributed by atoms with E-state index < -0.39 is 5.97 Å². The lowest BCUT2D eigenvalue weighted by Crippen LogP contribution is -2.21. The minimum atomic E-state index is -1.24. The number of carboxylic acid groups (broad SMARTS) is 1. The normalized spacial score (nSPS) is 10.8. The van der Waals surface area contributed by atoms with Gasteiger partial charge in [-0.1, -0.05) is 18.2 Å². The Morgan fingerprint density at radius 2 is 2.18 bits per heavy atom. The molecule has 0 aliphatic heterocycles. The topological polar surface area (TPSA) is 68.8 Å². The highest BCUT2D eigenvalue weighted by molar-refractivity contribution is 7.11. The van der Waals surface area contributed by atoms with E-state index in [0.717, 1.165) is 27.9 Å². The van der Waals surface area contributed by atoms with Crippen molar-refractivity contribution in [2.24, 2.45) is 0 Å². The molecule has 0 radical (unpaired) electrons. The lowest BCUT2D eigenvalue weighted by atomic mass is 10.2. The number of aromatic carboxylic acids is 1. The van der Waals surface area contributed by atoms with Crippen LogP contribution in [0.2, 0.25) is 0 Å². The highest BCUT2D eigenvalue weighted by atomic mass is 32.1. The number of carbonyl (C=O) groups is 1. The average Bonchev–Trinajstić information content (AvgIpc) is 2.95. The van der Waals surface area contributed by atoms with E-state index >= 15 is 0 Å². The first-order valence-electron chi connectivity index (χ1n) is 4.99. The summed E-state index contributed by atoms with van der Waals surface area (Å²) >= 11 is 1.07. The third-order valence-corrected chi connectivity index (χ3v) is 3.31. The second kappa shape index (κ2) is 3.71. The molecule has 0 amide bonds. The summed E-state index contributed by atoms with van der Waals surface area (Å²) in [5, 5.41) is 13.4. The monoisotopic (exact) mass is 243 g/mol. The molecular weight excluding hydrogens is 236 g/mol. The molecule has 0 spiro atoms. The van der Waals surface area contributed by atoms with Crippen molar-refractivity contribution in [1.29, 1.82) is 0 Å². The Hall–Kier alpha value is -2.14. The number of para-hydroxylation sites is 1. The first-order valence-corrected chi connectivity index (χ1v) is 5.87. The number of fused-ring (bicyclic) bond motifs is 1. The summed E-state index contributed by atoms with van der Waals surface area (Å²) in [6.07, 6.45) is 0. The number of aromatic amines is 1. The SMILES string of the molecule is O=C([O-])c1nc(-c2cc3ccccc3[nH]2)cs1. The molecule has 2 aromatic heterocycles. The summed E-state index contributed by atoms with van der Waals surface area (Å²) in [6, 6.07) is 9.79. The van der Waals surface area contributed by atoms with Gasteiger partial charge >= 0.3 is 0 Å². The minimum Gasteiger partial charge on any atom is -0.542 e. The van der Waals surface area contributed by atoms with Gasteiger partial charge in [-0.2, -0.15) is 0 Å². The number of nitrogens with zero attached hydrogens (tertiary/aromatic N) is 1. The van der Waals surface area contributed by atoms with Gasteiger partial charge in [0, 0.05) is 16.3 Å². The molecule has 0 saturated carbocycles. The summed E-state index contributed by atoms with van der Waals surface area (Å²) in [5.74, 6) is -1.24. The van der Waals surface area contributed by atoms with Gasteiger partial charge in [0.05, 0.1) is 11.4 Å². The van der Waals surface area contributed by atoms with Crippen LogP contribution in [0.4, 0.5) is 0 Å². The largest absolute Gasteiger partial charge is 0.542 e. The van der Waals surface area contributed by atoms with Gasteiger partial charge in [-0.05, 0) is 12.1 Å². The van der Waals surface area contributed by atoms with Crippen molar-refractivity contribution in [3.8, 4) is 11.4 Å². The van der Waals surface area contributed by atoms with E-state index in [1.807, 2.05) is 30.3 Å². The van der Waals surface area contributed by atoms with Crippen LogP contribution in [0.1, 0.15) is 9.80 Å². The van der Waals surface area contributed by atoms with E-state index in [1.54, 1.807) is 5.38 Å². The number of hydrogen-bond acceptors (Lipinski definition) is 4. The minimum absolute atomic E-state index is 0.00124. The Balaban J connectivity index is 2.10. The third-order valence-electron chi connectivity index (χ3n) is 2.48. The fourth-order valence-corrected chi connectivity index (χ4v) is 2.35. The standard InChI is InChI=1S/C12H8N2O2S/c15-12(16)11-14-10(6-17-11)9-5-7-3-1-2-4-8(7)13-9/h1-6,13H,(H,15,16)/p-1. The molecule has 17 heavy (non-hydrogen) atoms. The van der Waals surface area contributed by atoms with Crippen LogP contribution in [-0.2, 0) is 0 Å². The van der Waals surface area contributed by atoms with Crippen molar-refractivity contribution in [3.05, 3.63) is 40.7 Å². The molecular formula is C12H7N2O2S-. The predicted molar refractivity (Wildman–Crippen MR) is 63.7 cm³/mol. The summed E-state index contributed by atoms with van der Waals surface area (Å²) in [4.78, 5) is 17.8. The van der Waals surface area contributed by atoms with Crippen molar-refractivity contribution in [2.45, 2.75) is 0 Å². The zero-order valence-corrected chi connectivity index (χ0v) is 9.45. The smallest absolute Gasteiger partial charge is 0.139 e. The molecule has 0 bridgehead atoms. The van der Waals surface area contributed by atoms with Gasteiger partial charge < -0.3 is 14.9 Å². The molecule has 1 aromatic carbocycles. The number of carbonyl (C=O) groups excluding carboxylic acids is 1. The third kappa shape index (κ3) is 1.70. The molecule has 4 nitrogen and oxygen atoms in total. The lowest BCUT2D eigenvalue weighted by Gasteiger charge is -1.93. The van der Waals surface area contributed by atoms with Crippen LogP contribution >= 0.6 is 11.3 Å². The molecule has 0 aliphatic rings. The highest BCUT2D eigenvalue weighted by Gasteiger charge is 2.07. The van der Waals surface area contributed by atoms with Crippen molar-refractivity contribution in [1.82, 2.24) is 9.97 Å². The number of thiazole rings is 1. The van der Waals surface area contributed by atoms with Gasteiger partial charge in [-0.3, -0.25) is 0 Å². The van der Waals surface area contributed by atoms with Crippen molar-refractivity contribution < 1.29 is 9.90 Å². The van der Waals surface area contributed by atoms with Gasteiger partial charge in [0.25, 0.3) is 0 Å². The maximum absolute atomic E-state index is 10.6. The van der Waals surface area contributed by atoms with Gasteiger partial charge in [-0.15, -0.1) is 11.3 Å². The number of carboxylic acids is 1. The molecule has 1 N–H and O–H groups in total. The Kier molecular flexibility index (Phi) is 2.19. The first-order chi connectivity index (χ1) is 8.24. The van der Waals surface area contributed by atoms with E-state index in [4.69, 9.17) is 0 Å². The van der Waals surface area contributed by atoms with Gasteiger partial charge in [0.1, 0.15) is 11.0 Å². The summed E-state index contributed by atoms with van der Waals surface area (Å²) < 4.78 is 0. The zero-order chi connectivity index (χ0) is 11.8. The maximum atomic E-state index is 10.6. The number of benzene rings is 1. The summed E-state index contributed by atoms with van der Waals surface area (Å²) in [5.41, 5.74) is 2.45. The van der Waals surface area contributed by atoms with Crippen molar-refractivity contribution >= 4 is 28.2 Å². The maximum Gasteiger partial charge on any atom is 0.139 e. The van der Waals surface area contributed by atoms with Gasteiger partial charge in [0.15, 0.2) is 0 Å². The van der Waals surface area contributed by atoms with Crippen LogP contribution in [0.25, 0.3) is 22.3 Å². The molecule has 0 aliphatic carbocycles. The van der Waals surface area contributed by atoms with Crippen LogP contribution in [0, 0.1) is 0 Å². The van der Waals surface area contributed by atoms with Crippen LogP contribution < -0.4 is 5.11 Å². The number of hydrogen-bond donors (Lipinski definition) is 1. The lowest BCUT2D eigenvalue weighted by molar-refractivity contribution is -0.255. The number of H-pyrrole nitrogens is 1. The van der Waals surface area contributed by atoms with E-state index in [0.29, 0.717) is 5.69 Å². The van der Waals surface area contributed by atoms with Gasteiger partial charge in [-0.25, -0.2) is 4.98 Å². The van der Waals surface area contributed by atoms with Crippen LogP contribution in [0.5, 0.6) is 0 Å². The molecule has 0 fully saturated rings. The molecule has 5 heteroatoms. The Bertz CT molecular complexity index is 666. The van der Waals surface area contributed by atoms with Crippen LogP contribution in [0.15, 0.2) is 35.7 Å². The summed E-state index contributed by atoms with van der Waals surface area (Å²) in [6.45, 7) is 0. The zero-order valence-electron chi connectivity index (χ0n) is 8.64. The fraction of sp³-hybridized carbons (Fsp3) is 0. The molecule has 0 unspecified atom stereocenters. The number of nitrogens with one attached hydrogen (secondary N) is 1. The molecule has 3 aromatic rings. The predicted octanol–water partition coefficient (Wildman–Crippen LogP) is 1.65. The highest BCUT2D eigenvalue weighted by Crippen LogP contribution is 2.25. The first kappa shape index (κ1) is 10.0.